The molecular weight excluding hydrogens is 228 g/mol. The summed E-state index contributed by atoms with van der Waals surface area (Å²) in [5.41, 5.74) is 6.14. The molecule has 0 aromatic carbocycles. The molecule has 17 heavy (non-hydrogen) atoms. The van der Waals surface area contributed by atoms with Crippen LogP contribution in [0, 0.1) is 5.92 Å². The molecule has 1 atom stereocenters. The molecule has 0 saturated heterocycles. The van der Waals surface area contributed by atoms with Crippen molar-refractivity contribution in [2.24, 2.45) is 11.7 Å². The first-order chi connectivity index (χ1) is 8.01. The first kappa shape index (κ1) is 14.7. The number of hydrogen-bond donors (Lipinski definition) is 1. The van der Waals surface area contributed by atoms with E-state index in [0.717, 1.165) is 26.1 Å². The zero-order valence-electron chi connectivity index (χ0n) is 11.6. The minimum absolute atomic E-state index is 0.118. The van der Waals surface area contributed by atoms with Gasteiger partial charge in [-0.3, -0.25) is 4.90 Å². The Balaban J connectivity index is 2.75. The van der Waals surface area contributed by atoms with Gasteiger partial charge in [-0.25, -0.2) is 0 Å². The zero-order chi connectivity index (χ0) is 12.9. The molecule has 98 valence electrons. The van der Waals surface area contributed by atoms with Gasteiger partial charge in [0.25, 0.3) is 0 Å². The second-order valence-electron chi connectivity index (χ2n) is 5.39. The van der Waals surface area contributed by atoms with E-state index in [0.29, 0.717) is 5.92 Å². The molecule has 0 amide bonds. The third-order valence-electron chi connectivity index (χ3n) is 3.36. The van der Waals surface area contributed by atoms with Crippen LogP contribution < -0.4 is 5.73 Å². The summed E-state index contributed by atoms with van der Waals surface area (Å²) in [6, 6.07) is 4.33. The zero-order valence-corrected chi connectivity index (χ0v) is 12.4. The van der Waals surface area contributed by atoms with Gasteiger partial charge in [0.15, 0.2) is 0 Å². The summed E-state index contributed by atoms with van der Waals surface area (Å²) in [7, 11) is 0. The molecular formula is C14H26N2S. The number of rotatable bonds is 7. The largest absolute Gasteiger partial charge is 0.329 e. The molecule has 0 aliphatic rings. The third-order valence-corrected chi connectivity index (χ3v) is 4.22. The monoisotopic (exact) mass is 254 g/mol. The number of nitrogens with two attached hydrogens (primary N) is 1. The van der Waals surface area contributed by atoms with E-state index in [1.54, 1.807) is 0 Å². The minimum atomic E-state index is 0.118. The van der Waals surface area contributed by atoms with Crippen molar-refractivity contribution in [3.8, 4) is 0 Å². The second kappa shape index (κ2) is 6.53. The van der Waals surface area contributed by atoms with Crippen LogP contribution in [0.4, 0.5) is 0 Å². The van der Waals surface area contributed by atoms with Crippen molar-refractivity contribution in [2.75, 3.05) is 13.1 Å². The van der Waals surface area contributed by atoms with Gasteiger partial charge in [-0.15, -0.1) is 11.3 Å². The topological polar surface area (TPSA) is 29.3 Å². The molecule has 0 radical (unpaired) electrons. The molecule has 0 aliphatic carbocycles. The van der Waals surface area contributed by atoms with E-state index < -0.39 is 0 Å². The molecule has 1 unspecified atom stereocenters. The molecule has 3 heteroatoms. The van der Waals surface area contributed by atoms with Crippen molar-refractivity contribution in [1.29, 1.82) is 0 Å². The molecule has 0 saturated carbocycles. The van der Waals surface area contributed by atoms with E-state index in [1.807, 2.05) is 11.3 Å². The van der Waals surface area contributed by atoms with Crippen molar-refractivity contribution in [1.82, 2.24) is 4.90 Å². The van der Waals surface area contributed by atoms with Crippen LogP contribution in [0.5, 0.6) is 0 Å². The lowest BCUT2D eigenvalue weighted by Gasteiger charge is -2.41. The summed E-state index contributed by atoms with van der Waals surface area (Å²) in [5, 5.41) is 2.14. The number of likely N-dealkylation sites (N-methyl/N-ethyl adjacent to an activating group) is 1. The first-order valence-electron chi connectivity index (χ1n) is 6.49. The average Bonchev–Trinajstić information content (AvgIpc) is 2.77. The Morgan fingerprint density at radius 2 is 2.18 bits per heavy atom. The van der Waals surface area contributed by atoms with Crippen molar-refractivity contribution >= 4 is 11.3 Å². The summed E-state index contributed by atoms with van der Waals surface area (Å²) < 4.78 is 0. The molecule has 1 aromatic heterocycles. The van der Waals surface area contributed by atoms with E-state index in [1.165, 1.54) is 4.88 Å². The maximum absolute atomic E-state index is 6.02. The van der Waals surface area contributed by atoms with E-state index in [-0.39, 0.29) is 5.54 Å². The Labute approximate surface area is 110 Å². The quantitative estimate of drug-likeness (QED) is 0.808. The van der Waals surface area contributed by atoms with E-state index in [4.69, 9.17) is 5.73 Å². The molecule has 0 aliphatic heterocycles. The molecule has 2 N–H and O–H groups in total. The Morgan fingerprint density at radius 3 is 2.59 bits per heavy atom. The summed E-state index contributed by atoms with van der Waals surface area (Å²) >= 11 is 1.83. The van der Waals surface area contributed by atoms with Crippen molar-refractivity contribution < 1.29 is 0 Å². The lowest BCUT2D eigenvalue weighted by Crippen LogP contribution is -2.51. The molecule has 1 aromatic rings. The van der Waals surface area contributed by atoms with Crippen molar-refractivity contribution in [3.05, 3.63) is 22.4 Å². The van der Waals surface area contributed by atoms with Gasteiger partial charge in [0.05, 0.1) is 0 Å². The standard InChI is InChI=1S/C14H26N2S/c1-5-16(10-13-7-6-8-17-13)14(4,11-15)9-12(2)3/h6-8,12H,5,9-11,15H2,1-4H3. The Morgan fingerprint density at radius 1 is 1.47 bits per heavy atom. The highest BCUT2D eigenvalue weighted by molar-refractivity contribution is 7.09. The number of thiophene rings is 1. The molecule has 0 bridgehead atoms. The Hall–Kier alpha value is -0.380. The van der Waals surface area contributed by atoms with Gasteiger partial charge in [-0.2, -0.15) is 0 Å². The predicted octanol–water partition coefficient (Wildman–Crippen LogP) is 3.33. The van der Waals surface area contributed by atoms with Crippen LogP contribution in [0.15, 0.2) is 17.5 Å². The molecule has 0 spiro atoms. The first-order valence-corrected chi connectivity index (χ1v) is 7.37. The summed E-state index contributed by atoms with van der Waals surface area (Å²) in [4.78, 5) is 3.94. The fourth-order valence-electron chi connectivity index (χ4n) is 2.50. The molecule has 0 fully saturated rings. The van der Waals surface area contributed by atoms with E-state index >= 15 is 0 Å². The van der Waals surface area contributed by atoms with Gasteiger partial charge in [0.1, 0.15) is 0 Å². The fraction of sp³-hybridized carbons (Fsp3) is 0.714. The normalized spacial score (nSPS) is 15.5. The van der Waals surface area contributed by atoms with Crippen LogP contribution in [-0.2, 0) is 6.54 Å². The Kier molecular flexibility index (Phi) is 5.63. The molecule has 1 heterocycles. The van der Waals surface area contributed by atoms with Crippen molar-refractivity contribution in [2.45, 2.75) is 46.2 Å². The van der Waals surface area contributed by atoms with Crippen LogP contribution in [0.1, 0.15) is 39.0 Å². The van der Waals surface area contributed by atoms with E-state index in [9.17, 15) is 0 Å². The summed E-state index contributed by atoms with van der Waals surface area (Å²) in [6.07, 6.45) is 1.16. The highest BCUT2D eigenvalue weighted by atomic mass is 32.1. The smallest absolute Gasteiger partial charge is 0.0333 e. The number of nitrogens with zero attached hydrogens (tertiary/aromatic N) is 1. The maximum Gasteiger partial charge on any atom is 0.0333 e. The lowest BCUT2D eigenvalue weighted by molar-refractivity contribution is 0.0880. The van der Waals surface area contributed by atoms with Crippen LogP contribution >= 0.6 is 11.3 Å². The summed E-state index contributed by atoms with van der Waals surface area (Å²) in [5.74, 6) is 0.681. The van der Waals surface area contributed by atoms with Crippen LogP contribution in [-0.4, -0.2) is 23.5 Å². The predicted molar refractivity (Wildman–Crippen MR) is 77.3 cm³/mol. The van der Waals surface area contributed by atoms with Gasteiger partial charge in [-0.05, 0) is 37.3 Å². The minimum Gasteiger partial charge on any atom is -0.329 e. The lowest BCUT2D eigenvalue weighted by atomic mass is 9.89. The van der Waals surface area contributed by atoms with Gasteiger partial charge in [0.2, 0.25) is 0 Å². The SMILES string of the molecule is CCN(Cc1cccs1)C(C)(CN)CC(C)C. The fourth-order valence-corrected chi connectivity index (χ4v) is 3.22. The Bertz CT molecular complexity index is 308. The number of hydrogen-bond acceptors (Lipinski definition) is 3. The highest BCUT2D eigenvalue weighted by Gasteiger charge is 2.30. The summed E-state index contributed by atoms with van der Waals surface area (Å²) in [6.45, 7) is 11.9. The van der Waals surface area contributed by atoms with Gasteiger partial charge in [-0.1, -0.05) is 26.8 Å². The van der Waals surface area contributed by atoms with Gasteiger partial charge < -0.3 is 5.73 Å². The molecule has 1 rings (SSSR count). The average molecular weight is 254 g/mol. The van der Waals surface area contributed by atoms with Crippen LogP contribution in [0.25, 0.3) is 0 Å². The second-order valence-corrected chi connectivity index (χ2v) is 6.42. The molecule has 2 nitrogen and oxygen atoms in total. The van der Waals surface area contributed by atoms with Crippen LogP contribution in [0.3, 0.4) is 0 Å². The maximum atomic E-state index is 6.02. The highest BCUT2D eigenvalue weighted by Crippen LogP contribution is 2.25. The van der Waals surface area contributed by atoms with Gasteiger partial charge in [0, 0.05) is 23.5 Å². The van der Waals surface area contributed by atoms with Crippen LogP contribution in [0.2, 0.25) is 0 Å². The van der Waals surface area contributed by atoms with Gasteiger partial charge >= 0.3 is 0 Å². The van der Waals surface area contributed by atoms with E-state index in [2.05, 4.69) is 50.1 Å². The third kappa shape index (κ3) is 4.09. The van der Waals surface area contributed by atoms with Crippen molar-refractivity contribution in [3.63, 3.8) is 0 Å².